The van der Waals surface area contributed by atoms with Crippen LogP contribution in [0.5, 0.6) is 5.88 Å². The zero-order valence-corrected chi connectivity index (χ0v) is 15.1. The Bertz CT molecular complexity index is 738. The molecule has 140 valence electrons. The number of rotatable bonds is 7. The van der Waals surface area contributed by atoms with E-state index in [1.807, 2.05) is 30.3 Å². The molecule has 0 amide bonds. The average molecular weight is 385 g/mol. The van der Waals surface area contributed by atoms with Gasteiger partial charge in [0.2, 0.25) is 5.88 Å². The lowest BCUT2D eigenvalue weighted by molar-refractivity contribution is -0.147. The molecule has 26 heavy (non-hydrogen) atoms. The van der Waals surface area contributed by atoms with Crippen LogP contribution >= 0.6 is 11.8 Å². The zero-order valence-electron chi connectivity index (χ0n) is 14.2. The smallest absolute Gasteiger partial charge is 0.417 e. The van der Waals surface area contributed by atoms with Crippen LogP contribution in [-0.4, -0.2) is 23.7 Å². The van der Waals surface area contributed by atoms with Crippen LogP contribution in [0, 0.1) is 0 Å². The number of ether oxygens (including phenoxy) is 2. The van der Waals surface area contributed by atoms with Gasteiger partial charge >= 0.3 is 12.1 Å². The van der Waals surface area contributed by atoms with E-state index in [4.69, 9.17) is 9.47 Å². The molecule has 0 fully saturated rings. The van der Waals surface area contributed by atoms with Crippen LogP contribution in [0.3, 0.4) is 0 Å². The molecule has 0 N–H and O–H groups in total. The Labute approximate surface area is 153 Å². The van der Waals surface area contributed by atoms with Crippen molar-refractivity contribution in [2.45, 2.75) is 36.8 Å². The molecule has 0 bridgehead atoms. The highest BCUT2D eigenvalue weighted by molar-refractivity contribution is 7.98. The summed E-state index contributed by atoms with van der Waals surface area (Å²) in [6.07, 6.45) is -4.29. The van der Waals surface area contributed by atoms with Crippen LogP contribution in [0.15, 0.2) is 47.5 Å². The number of carbonyl (C=O) groups excluding carboxylic acids is 1. The van der Waals surface area contributed by atoms with E-state index in [0.717, 1.165) is 17.8 Å². The Morgan fingerprint density at radius 1 is 1.27 bits per heavy atom. The van der Waals surface area contributed by atoms with Crippen LogP contribution in [0.1, 0.15) is 25.0 Å². The first-order valence-electron chi connectivity index (χ1n) is 7.79. The van der Waals surface area contributed by atoms with E-state index in [1.165, 1.54) is 18.7 Å². The molecule has 0 aliphatic carbocycles. The molecule has 1 aromatic heterocycles. The number of esters is 1. The molecule has 0 spiro atoms. The van der Waals surface area contributed by atoms with Gasteiger partial charge in [-0.2, -0.15) is 13.2 Å². The zero-order chi connectivity index (χ0) is 19.2. The Balaban J connectivity index is 2.15. The third-order valence-corrected chi connectivity index (χ3v) is 4.29. The summed E-state index contributed by atoms with van der Waals surface area (Å²) in [7, 11) is 0. The van der Waals surface area contributed by atoms with Gasteiger partial charge in [0, 0.05) is 18.9 Å². The fraction of sp³-hybridized carbons (Fsp3) is 0.333. The summed E-state index contributed by atoms with van der Waals surface area (Å²) in [5.41, 5.74) is 0.127. The van der Waals surface area contributed by atoms with Crippen LogP contribution in [0.4, 0.5) is 13.2 Å². The summed E-state index contributed by atoms with van der Waals surface area (Å²) in [6.45, 7) is 2.90. The Morgan fingerprint density at radius 2 is 1.96 bits per heavy atom. The third kappa shape index (κ3) is 6.25. The number of pyridine rings is 1. The lowest BCUT2D eigenvalue weighted by Crippen LogP contribution is -2.21. The molecule has 1 unspecified atom stereocenters. The van der Waals surface area contributed by atoms with Crippen molar-refractivity contribution in [3.8, 4) is 5.88 Å². The Kier molecular flexibility index (Phi) is 6.90. The van der Waals surface area contributed by atoms with Gasteiger partial charge in [0.1, 0.15) is 12.7 Å². The lowest BCUT2D eigenvalue weighted by Gasteiger charge is -2.16. The van der Waals surface area contributed by atoms with E-state index in [1.54, 1.807) is 6.92 Å². The van der Waals surface area contributed by atoms with Crippen LogP contribution < -0.4 is 4.74 Å². The summed E-state index contributed by atoms with van der Waals surface area (Å²) in [5, 5.41) is 0. The monoisotopic (exact) mass is 385 g/mol. The van der Waals surface area contributed by atoms with E-state index < -0.39 is 23.8 Å². The molecular weight excluding hydrogens is 367 g/mol. The number of hydrogen-bond donors (Lipinski definition) is 0. The molecule has 0 radical (unpaired) electrons. The summed E-state index contributed by atoms with van der Waals surface area (Å²) in [6, 6.07) is 10.4. The summed E-state index contributed by atoms with van der Waals surface area (Å²) < 4.78 is 49.3. The van der Waals surface area contributed by atoms with E-state index >= 15 is 0 Å². The van der Waals surface area contributed by atoms with Crippen molar-refractivity contribution in [1.82, 2.24) is 4.98 Å². The number of alkyl halides is 3. The van der Waals surface area contributed by atoms with Crippen LogP contribution in [-0.2, 0) is 21.5 Å². The molecule has 1 aromatic carbocycles. The standard InChI is InChI=1S/C18H18F3NO3S/c1-12(25-13(2)23)10-24-17-16(8-15(9-22-17)18(19,20)21)26-11-14-6-4-3-5-7-14/h3-9,12H,10-11H2,1-2H3. The van der Waals surface area contributed by atoms with E-state index in [9.17, 15) is 18.0 Å². The summed E-state index contributed by atoms with van der Waals surface area (Å²) in [4.78, 5) is 15.0. The second-order valence-corrected chi connectivity index (χ2v) is 6.55. The predicted molar refractivity (Wildman–Crippen MR) is 92.0 cm³/mol. The number of halogens is 3. The van der Waals surface area contributed by atoms with Gasteiger partial charge in [0.05, 0.1) is 10.5 Å². The molecule has 1 atom stereocenters. The first-order valence-corrected chi connectivity index (χ1v) is 8.78. The Hall–Kier alpha value is -2.22. The van der Waals surface area contributed by atoms with Crippen molar-refractivity contribution in [2.75, 3.05) is 6.61 Å². The molecule has 4 nitrogen and oxygen atoms in total. The molecule has 0 saturated heterocycles. The van der Waals surface area contributed by atoms with Crippen molar-refractivity contribution in [3.05, 3.63) is 53.7 Å². The number of hydrogen-bond acceptors (Lipinski definition) is 5. The van der Waals surface area contributed by atoms with Gasteiger partial charge in [0.25, 0.3) is 0 Å². The minimum atomic E-state index is -4.49. The molecule has 8 heteroatoms. The van der Waals surface area contributed by atoms with Gasteiger partial charge in [0.15, 0.2) is 0 Å². The van der Waals surface area contributed by atoms with Gasteiger partial charge in [-0.25, -0.2) is 4.98 Å². The van der Waals surface area contributed by atoms with Gasteiger partial charge in [-0.3, -0.25) is 4.79 Å². The van der Waals surface area contributed by atoms with E-state index in [2.05, 4.69) is 4.98 Å². The molecule has 0 aliphatic rings. The second kappa shape index (κ2) is 8.93. The first-order chi connectivity index (χ1) is 12.3. The largest absolute Gasteiger partial charge is 0.473 e. The maximum Gasteiger partial charge on any atom is 0.417 e. The molecule has 1 heterocycles. The molecule has 0 aliphatic heterocycles. The van der Waals surface area contributed by atoms with Crippen molar-refractivity contribution in [2.24, 2.45) is 0 Å². The maximum atomic E-state index is 13.0. The van der Waals surface area contributed by atoms with Gasteiger partial charge in [-0.15, -0.1) is 11.8 Å². The lowest BCUT2D eigenvalue weighted by atomic mass is 10.2. The third-order valence-electron chi connectivity index (χ3n) is 3.20. The van der Waals surface area contributed by atoms with E-state index in [0.29, 0.717) is 5.75 Å². The number of thioether (sulfide) groups is 1. The predicted octanol–water partition coefficient (Wildman–Crippen LogP) is 4.72. The quantitative estimate of drug-likeness (QED) is 0.510. The molecule has 0 saturated carbocycles. The average Bonchev–Trinajstić information content (AvgIpc) is 2.58. The number of carbonyl (C=O) groups is 1. The fourth-order valence-corrected chi connectivity index (χ4v) is 3.01. The molecule has 2 rings (SSSR count). The number of aromatic nitrogens is 1. The SMILES string of the molecule is CC(=O)OC(C)COc1ncc(C(F)(F)F)cc1SCc1ccccc1. The molecular formula is C18H18F3NO3S. The van der Waals surface area contributed by atoms with Crippen molar-refractivity contribution < 1.29 is 27.4 Å². The van der Waals surface area contributed by atoms with Crippen molar-refractivity contribution in [3.63, 3.8) is 0 Å². The number of benzene rings is 1. The Morgan fingerprint density at radius 3 is 2.58 bits per heavy atom. The van der Waals surface area contributed by atoms with Crippen LogP contribution in [0.25, 0.3) is 0 Å². The minimum absolute atomic E-state index is 0.00313. The first kappa shape index (κ1) is 20.1. The van der Waals surface area contributed by atoms with Crippen molar-refractivity contribution >= 4 is 17.7 Å². The van der Waals surface area contributed by atoms with Gasteiger partial charge in [-0.1, -0.05) is 30.3 Å². The normalized spacial score (nSPS) is 12.5. The second-order valence-electron chi connectivity index (χ2n) is 5.53. The fourth-order valence-electron chi connectivity index (χ4n) is 2.05. The van der Waals surface area contributed by atoms with Gasteiger partial charge in [-0.05, 0) is 18.6 Å². The summed E-state index contributed by atoms with van der Waals surface area (Å²) >= 11 is 1.20. The highest BCUT2D eigenvalue weighted by Crippen LogP contribution is 2.36. The summed E-state index contributed by atoms with van der Waals surface area (Å²) in [5.74, 6) is 0.0951. The molecule has 2 aromatic rings. The maximum absolute atomic E-state index is 13.0. The van der Waals surface area contributed by atoms with Gasteiger partial charge < -0.3 is 9.47 Å². The highest BCUT2D eigenvalue weighted by atomic mass is 32.2. The topological polar surface area (TPSA) is 48.4 Å². The minimum Gasteiger partial charge on any atom is -0.473 e. The highest BCUT2D eigenvalue weighted by Gasteiger charge is 2.32. The number of nitrogens with zero attached hydrogens (tertiary/aromatic N) is 1. The van der Waals surface area contributed by atoms with Crippen molar-refractivity contribution in [1.29, 1.82) is 0 Å². The van der Waals surface area contributed by atoms with E-state index in [-0.39, 0.29) is 17.4 Å². The van der Waals surface area contributed by atoms with Crippen LogP contribution in [0.2, 0.25) is 0 Å².